The van der Waals surface area contributed by atoms with Gasteiger partial charge in [0.25, 0.3) is 5.85 Å². The van der Waals surface area contributed by atoms with E-state index < -0.39 is 55.2 Å². The SMILES string of the molecule is Cc1nc(N(C)C)c2ncn([C@@H]3O[C@](F)(CO[P@](=S)(N[C@H](C)C(=O)OC(C)C)Oc4ccccc4)[C@@H](O)[C@@]3(C)F)c2n1. The van der Waals surface area contributed by atoms with Crippen molar-refractivity contribution in [3.8, 4) is 5.75 Å². The van der Waals surface area contributed by atoms with Gasteiger partial charge in [0.2, 0.25) is 0 Å². The summed E-state index contributed by atoms with van der Waals surface area (Å²) in [5.74, 6) is -2.59. The minimum absolute atomic E-state index is 0.189. The normalized spacial score (nSPS) is 26.3. The number of hydrogen-bond acceptors (Lipinski definition) is 11. The Balaban J connectivity index is 1.62. The summed E-state index contributed by atoms with van der Waals surface area (Å²) < 4.78 is 56.1. The number of aromatic nitrogens is 4. The van der Waals surface area contributed by atoms with Gasteiger partial charge in [0, 0.05) is 14.1 Å². The van der Waals surface area contributed by atoms with E-state index in [1.807, 2.05) is 0 Å². The molecule has 2 aromatic heterocycles. The molecule has 1 fully saturated rings. The number of alkyl halides is 2. The molecule has 16 heteroatoms. The second-order valence-electron chi connectivity index (χ2n) is 10.6. The third kappa shape index (κ3) is 6.56. The zero-order chi connectivity index (χ0) is 31.0. The van der Waals surface area contributed by atoms with Gasteiger partial charge in [-0.25, -0.2) is 28.8 Å². The van der Waals surface area contributed by atoms with Crippen molar-refractivity contribution in [1.29, 1.82) is 0 Å². The van der Waals surface area contributed by atoms with Crippen molar-refractivity contribution < 1.29 is 37.2 Å². The van der Waals surface area contributed by atoms with E-state index in [9.17, 15) is 9.90 Å². The van der Waals surface area contributed by atoms with Crippen molar-refractivity contribution in [2.45, 2.75) is 70.6 Å². The van der Waals surface area contributed by atoms with Crippen molar-refractivity contribution in [3.05, 3.63) is 42.5 Å². The molecule has 0 bridgehead atoms. The predicted molar refractivity (Wildman–Crippen MR) is 155 cm³/mol. The highest BCUT2D eigenvalue weighted by atomic mass is 32.5. The maximum atomic E-state index is 16.4. The first kappa shape index (κ1) is 32.1. The number of aryl methyl sites for hydroxylation is 1. The fourth-order valence-corrected chi connectivity index (χ4v) is 6.76. The lowest BCUT2D eigenvalue weighted by atomic mass is 9.97. The number of halogens is 2. The Morgan fingerprint density at radius 2 is 1.93 bits per heavy atom. The lowest BCUT2D eigenvalue weighted by Gasteiger charge is -2.30. The van der Waals surface area contributed by atoms with Crippen LogP contribution in [0, 0.1) is 6.92 Å². The molecule has 0 spiro atoms. The average molecular weight is 629 g/mol. The highest BCUT2D eigenvalue weighted by Crippen LogP contribution is 2.52. The molecule has 1 saturated heterocycles. The minimum atomic E-state index is -3.72. The zero-order valence-corrected chi connectivity index (χ0v) is 26.0. The second-order valence-corrected chi connectivity index (χ2v) is 13.8. The lowest BCUT2D eigenvalue weighted by molar-refractivity contribution is -0.202. The molecule has 230 valence electrons. The molecule has 42 heavy (non-hydrogen) atoms. The van der Waals surface area contributed by atoms with Crippen molar-refractivity contribution in [1.82, 2.24) is 24.6 Å². The molecule has 4 rings (SSSR count). The van der Waals surface area contributed by atoms with Crippen molar-refractivity contribution in [3.63, 3.8) is 0 Å². The third-order valence-corrected chi connectivity index (χ3v) is 8.86. The largest absolute Gasteiger partial charge is 0.462 e. The van der Waals surface area contributed by atoms with Crippen LogP contribution in [-0.2, 0) is 30.6 Å². The number of benzene rings is 1. The number of anilines is 1. The van der Waals surface area contributed by atoms with E-state index >= 15 is 8.78 Å². The Labute approximate surface area is 247 Å². The molecular formula is C26H35F2N6O6PS. The van der Waals surface area contributed by atoms with Gasteiger partial charge in [-0.2, -0.15) is 0 Å². The van der Waals surface area contributed by atoms with Gasteiger partial charge in [0.1, 0.15) is 24.2 Å². The molecule has 12 nitrogen and oxygen atoms in total. The molecule has 0 radical (unpaired) electrons. The predicted octanol–water partition coefficient (Wildman–Crippen LogP) is 3.73. The number of nitrogens with zero attached hydrogens (tertiary/aromatic N) is 5. The number of aliphatic hydroxyl groups is 1. The summed E-state index contributed by atoms with van der Waals surface area (Å²) in [6, 6.07) is 7.32. The Hall–Kier alpha value is -2.81. The molecule has 0 unspecified atom stereocenters. The molecule has 0 amide bonds. The number of nitrogens with one attached hydrogen (secondary N) is 1. The molecule has 2 N–H and O–H groups in total. The van der Waals surface area contributed by atoms with Crippen LogP contribution in [0.4, 0.5) is 14.6 Å². The maximum Gasteiger partial charge on any atom is 0.323 e. The van der Waals surface area contributed by atoms with E-state index in [1.165, 1.54) is 17.8 Å². The molecule has 1 aliphatic heterocycles. The molecular weight excluding hydrogens is 593 g/mol. The quantitative estimate of drug-likeness (QED) is 0.237. The van der Waals surface area contributed by atoms with Crippen molar-refractivity contribution in [2.75, 3.05) is 25.6 Å². The van der Waals surface area contributed by atoms with Gasteiger partial charge in [0.15, 0.2) is 35.0 Å². The summed E-state index contributed by atoms with van der Waals surface area (Å²) in [7, 11) is 3.52. The summed E-state index contributed by atoms with van der Waals surface area (Å²) in [5, 5.41) is 13.7. The van der Waals surface area contributed by atoms with Crippen LogP contribution in [0.3, 0.4) is 0 Å². The Bertz CT molecular complexity index is 1480. The standard InChI is InChI=1S/C26H35F2N6O6PS/c1-15(2)38-22(35)16(3)32-41(42,40-18-11-9-8-10-12-18)37-13-26(28)23(36)25(5,27)24(39-26)34-14-29-19-20(33(6)7)30-17(4)31-21(19)34/h8-12,14-16,23-24,36H,13H2,1-7H3,(H,32,42)/t16-,23+,24-,25-,26-,41-/m1/s1. The van der Waals surface area contributed by atoms with Crippen LogP contribution in [0.2, 0.25) is 0 Å². The van der Waals surface area contributed by atoms with Gasteiger partial charge in [-0.15, -0.1) is 0 Å². The van der Waals surface area contributed by atoms with Gasteiger partial charge < -0.3 is 28.5 Å². The first-order valence-corrected chi connectivity index (χ1v) is 15.8. The minimum Gasteiger partial charge on any atom is -0.462 e. The highest BCUT2D eigenvalue weighted by molar-refractivity contribution is 8.09. The van der Waals surface area contributed by atoms with Crippen LogP contribution in [0.25, 0.3) is 11.2 Å². The third-order valence-electron chi connectivity index (χ3n) is 6.38. The highest BCUT2D eigenvalue weighted by Gasteiger charge is 2.65. The van der Waals surface area contributed by atoms with Crippen LogP contribution in [0.1, 0.15) is 39.7 Å². The van der Waals surface area contributed by atoms with Crippen LogP contribution in [0.15, 0.2) is 36.7 Å². The summed E-state index contributed by atoms with van der Waals surface area (Å²) in [6.07, 6.45) is -3.14. The Kier molecular flexibility index (Phi) is 9.22. The number of hydrogen-bond donors (Lipinski definition) is 2. The zero-order valence-electron chi connectivity index (χ0n) is 24.3. The first-order valence-electron chi connectivity index (χ1n) is 13.2. The van der Waals surface area contributed by atoms with Crippen LogP contribution < -0.4 is 14.5 Å². The number of ether oxygens (including phenoxy) is 2. The molecule has 3 heterocycles. The van der Waals surface area contributed by atoms with Gasteiger partial charge in [0.05, 0.1) is 12.4 Å². The number of carbonyl (C=O) groups excluding carboxylic acids is 1. The number of aliphatic hydroxyl groups excluding tert-OH is 1. The smallest absolute Gasteiger partial charge is 0.323 e. The summed E-state index contributed by atoms with van der Waals surface area (Å²) >= 11 is 5.61. The molecule has 1 aromatic carbocycles. The number of fused-ring (bicyclic) bond motifs is 1. The van der Waals surface area contributed by atoms with Crippen LogP contribution >= 0.6 is 6.64 Å². The van der Waals surface area contributed by atoms with E-state index in [4.69, 9.17) is 30.3 Å². The van der Waals surface area contributed by atoms with Gasteiger partial charge >= 0.3 is 12.6 Å². The van der Waals surface area contributed by atoms with Crippen LogP contribution in [0.5, 0.6) is 5.75 Å². The topological polar surface area (TPSA) is 133 Å². The molecule has 1 aliphatic rings. The molecule has 3 aromatic rings. The van der Waals surface area contributed by atoms with Gasteiger partial charge in [-0.1, -0.05) is 18.2 Å². The second kappa shape index (κ2) is 12.1. The van der Waals surface area contributed by atoms with Crippen LogP contribution in [-0.4, -0.2) is 81.1 Å². The van der Waals surface area contributed by atoms with Crippen molar-refractivity contribution >= 4 is 41.4 Å². The number of para-hydroxylation sites is 1. The number of rotatable bonds is 11. The van der Waals surface area contributed by atoms with Crippen molar-refractivity contribution in [2.24, 2.45) is 0 Å². The number of imidazole rings is 1. The number of carbonyl (C=O) groups is 1. The molecule has 0 aliphatic carbocycles. The summed E-state index contributed by atoms with van der Waals surface area (Å²) in [5.41, 5.74) is -2.13. The van der Waals surface area contributed by atoms with E-state index in [1.54, 1.807) is 70.1 Å². The first-order chi connectivity index (χ1) is 19.6. The summed E-state index contributed by atoms with van der Waals surface area (Å²) in [4.78, 5) is 27.2. The van der Waals surface area contributed by atoms with E-state index in [-0.39, 0.29) is 11.4 Å². The molecule has 6 atom stereocenters. The number of esters is 1. The van der Waals surface area contributed by atoms with E-state index in [0.29, 0.717) is 17.2 Å². The van der Waals surface area contributed by atoms with E-state index in [2.05, 4.69) is 20.0 Å². The Morgan fingerprint density at radius 3 is 2.55 bits per heavy atom. The summed E-state index contributed by atoms with van der Waals surface area (Å²) in [6.45, 7) is 2.77. The average Bonchev–Trinajstić information content (AvgIpc) is 3.39. The van der Waals surface area contributed by atoms with Gasteiger partial charge in [-0.05, 0) is 58.6 Å². The monoisotopic (exact) mass is 628 g/mol. The van der Waals surface area contributed by atoms with Gasteiger partial charge in [-0.3, -0.25) is 9.36 Å². The lowest BCUT2D eigenvalue weighted by Crippen LogP contribution is -2.47. The fraction of sp³-hybridized carbons (Fsp3) is 0.538. The Morgan fingerprint density at radius 1 is 1.26 bits per heavy atom. The maximum absolute atomic E-state index is 16.4. The molecule has 0 saturated carbocycles. The fourth-order valence-electron chi connectivity index (χ4n) is 4.36. The van der Waals surface area contributed by atoms with E-state index in [0.717, 1.165) is 6.92 Å².